The van der Waals surface area contributed by atoms with Crippen molar-refractivity contribution in [3.63, 3.8) is 0 Å². The monoisotopic (exact) mass is 366 g/mol. The third kappa shape index (κ3) is 4.13. The summed E-state index contributed by atoms with van der Waals surface area (Å²) in [5, 5.41) is 2.90. The fraction of sp³-hybridized carbons (Fsp3) is 0.364. The van der Waals surface area contributed by atoms with E-state index >= 15 is 0 Å². The molecule has 1 N–H and O–H groups in total. The molecule has 0 saturated carbocycles. The van der Waals surface area contributed by atoms with Crippen LogP contribution >= 0.6 is 0 Å². The van der Waals surface area contributed by atoms with Crippen LogP contribution in [-0.2, 0) is 15.0 Å². The molecule has 5 heteroatoms. The Morgan fingerprint density at radius 1 is 1.15 bits per heavy atom. The SMILES string of the molecule is Cc1ccc(NC(=O)CN2C(=O)COc3cc(C(C)(C)C)ccc32)c(C)c1. The van der Waals surface area contributed by atoms with E-state index in [2.05, 4.69) is 26.1 Å². The van der Waals surface area contributed by atoms with Crippen LogP contribution < -0.4 is 15.0 Å². The topological polar surface area (TPSA) is 58.6 Å². The van der Waals surface area contributed by atoms with E-state index in [4.69, 9.17) is 4.74 Å². The predicted molar refractivity (Wildman–Crippen MR) is 108 cm³/mol. The summed E-state index contributed by atoms with van der Waals surface area (Å²) in [5.74, 6) is 0.186. The van der Waals surface area contributed by atoms with E-state index in [-0.39, 0.29) is 30.4 Å². The van der Waals surface area contributed by atoms with Gasteiger partial charge < -0.3 is 10.1 Å². The molecule has 1 aliphatic heterocycles. The van der Waals surface area contributed by atoms with Gasteiger partial charge in [-0.1, -0.05) is 44.5 Å². The van der Waals surface area contributed by atoms with Gasteiger partial charge in [-0.05, 0) is 48.6 Å². The Hall–Kier alpha value is -2.82. The Morgan fingerprint density at radius 3 is 2.56 bits per heavy atom. The van der Waals surface area contributed by atoms with E-state index in [0.29, 0.717) is 11.4 Å². The average molecular weight is 366 g/mol. The lowest BCUT2D eigenvalue weighted by atomic mass is 9.86. The third-order valence-electron chi connectivity index (χ3n) is 4.73. The number of carbonyl (C=O) groups is 2. The van der Waals surface area contributed by atoms with Crippen molar-refractivity contribution in [1.82, 2.24) is 0 Å². The minimum atomic E-state index is -0.233. The van der Waals surface area contributed by atoms with Crippen molar-refractivity contribution in [1.29, 1.82) is 0 Å². The first kappa shape index (κ1) is 19.0. The molecule has 3 rings (SSSR count). The van der Waals surface area contributed by atoms with E-state index in [1.54, 1.807) is 0 Å². The number of nitrogens with zero attached hydrogens (tertiary/aromatic N) is 1. The minimum absolute atomic E-state index is 0.0228. The van der Waals surface area contributed by atoms with Crippen LogP contribution in [0.1, 0.15) is 37.5 Å². The quantitative estimate of drug-likeness (QED) is 0.894. The number of carbonyl (C=O) groups excluding carboxylic acids is 2. The molecule has 0 spiro atoms. The Balaban J connectivity index is 1.80. The maximum Gasteiger partial charge on any atom is 0.265 e. The number of rotatable bonds is 3. The molecule has 0 fully saturated rings. The highest BCUT2D eigenvalue weighted by molar-refractivity contribution is 6.05. The standard InChI is InChI=1S/C22H26N2O3/c1-14-6-8-17(15(2)10-14)23-20(25)12-24-18-9-7-16(22(3,4)5)11-19(18)27-13-21(24)26/h6-11H,12-13H2,1-5H3,(H,23,25). The molecule has 0 atom stereocenters. The van der Waals surface area contributed by atoms with E-state index in [1.165, 1.54) is 4.90 Å². The van der Waals surface area contributed by atoms with Gasteiger partial charge >= 0.3 is 0 Å². The van der Waals surface area contributed by atoms with Crippen molar-refractivity contribution < 1.29 is 14.3 Å². The zero-order valence-electron chi connectivity index (χ0n) is 16.6. The van der Waals surface area contributed by atoms with Gasteiger partial charge in [0.2, 0.25) is 5.91 Å². The van der Waals surface area contributed by atoms with Gasteiger partial charge in [0.15, 0.2) is 6.61 Å². The molecule has 2 aromatic carbocycles. The van der Waals surface area contributed by atoms with Crippen molar-refractivity contribution in [2.45, 2.75) is 40.0 Å². The number of anilines is 2. The van der Waals surface area contributed by atoms with Gasteiger partial charge in [0.05, 0.1) is 5.69 Å². The summed E-state index contributed by atoms with van der Waals surface area (Å²) < 4.78 is 5.61. The van der Waals surface area contributed by atoms with Crippen molar-refractivity contribution in [3.05, 3.63) is 53.1 Å². The van der Waals surface area contributed by atoms with Crippen molar-refractivity contribution in [2.75, 3.05) is 23.4 Å². The lowest BCUT2D eigenvalue weighted by Gasteiger charge is -2.30. The van der Waals surface area contributed by atoms with Crippen LogP contribution in [0.2, 0.25) is 0 Å². The number of aryl methyl sites for hydroxylation is 2. The first-order chi connectivity index (χ1) is 12.6. The smallest absolute Gasteiger partial charge is 0.265 e. The average Bonchev–Trinajstić information content (AvgIpc) is 2.59. The van der Waals surface area contributed by atoms with Gasteiger partial charge in [-0.3, -0.25) is 14.5 Å². The Kier molecular flexibility index (Phi) is 4.96. The van der Waals surface area contributed by atoms with Crippen LogP contribution in [0.5, 0.6) is 5.75 Å². The highest BCUT2D eigenvalue weighted by Crippen LogP contribution is 2.36. The second kappa shape index (κ2) is 7.06. The summed E-state index contributed by atoms with van der Waals surface area (Å²) in [6, 6.07) is 11.6. The first-order valence-electron chi connectivity index (χ1n) is 9.10. The molecule has 0 radical (unpaired) electrons. The summed E-state index contributed by atoms with van der Waals surface area (Å²) in [6.07, 6.45) is 0. The van der Waals surface area contributed by atoms with Crippen LogP contribution in [0.3, 0.4) is 0 Å². The second-order valence-electron chi connectivity index (χ2n) is 8.07. The van der Waals surface area contributed by atoms with Crippen LogP contribution in [0.15, 0.2) is 36.4 Å². The Morgan fingerprint density at radius 2 is 1.89 bits per heavy atom. The van der Waals surface area contributed by atoms with Gasteiger partial charge in [0.25, 0.3) is 5.91 Å². The molecular formula is C22H26N2O3. The van der Waals surface area contributed by atoms with E-state index < -0.39 is 0 Å². The Bertz CT molecular complexity index is 897. The van der Waals surface area contributed by atoms with Gasteiger partial charge in [0.1, 0.15) is 12.3 Å². The van der Waals surface area contributed by atoms with Gasteiger partial charge in [-0.25, -0.2) is 0 Å². The molecule has 2 aromatic rings. The lowest BCUT2D eigenvalue weighted by Crippen LogP contribution is -2.43. The number of fused-ring (bicyclic) bond motifs is 1. The van der Waals surface area contributed by atoms with Crippen LogP contribution in [-0.4, -0.2) is 25.0 Å². The maximum atomic E-state index is 12.6. The predicted octanol–water partition coefficient (Wildman–Crippen LogP) is 3.97. The highest BCUT2D eigenvalue weighted by Gasteiger charge is 2.28. The fourth-order valence-corrected chi connectivity index (χ4v) is 3.13. The molecule has 0 aliphatic carbocycles. The molecule has 1 heterocycles. The first-order valence-corrected chi connectivity index (χ1v) is 9.10. The molecule has 0 bridgehead atoms. The van der Waals surface area contributed by atoms with E-state index in [0.717, 1.165) is 22.4 Å². The molecule has 0 unspecified atom stereocenters. The maximum absolute atomic E-state index is 12.6. The summed E-state index contributed by atoms with van der Waals surface area (Å²) in [7, 11) is 0. The third-order valence-corrected chi connectivity index (χ3v) is 4.73. The van der Waals surface area contributed by atoms with Crippen molar-refractivity contribution in [3.8, 4) is 5.75 Å². The van der Waals surface area contributed by atoms with E-state index in [9.17, 15) is 9.59 Å². The number of hydrogen-bond acceptors (Lipinski definition) is 3. The molecule has 142 valence electrons. The number of benzene rings is 2. The summed E-state index contributed by atoms with van der Waals surface area (Å²) in [4.78, 5) is 26.4. The Labute approximate surface area is 160 Å². The second-order valence-corrected chi connectivity index (χ2v) is 8.07. The molecule has 2 amide bonds. The van der Waals surface area contributed by atoms with Gasteiger partial charge in [0, 0.05) is 5.69 Å². The molecular weight excluding hydrogens is 340 g/mol. The van der Waals surface area contributed by atoms with Crippen molar-refractivity contribution >= 4 is 23.2 Å². The van der Waals surface area contributed by atoms with Crippen LogP contribution in [0.4, 0.5) is 11.4 Å². The number of nitrogens with one attached hydrogen (secondary N) is 1. The van der Waals surface area contributed by atoms with Gasteiger partial charge in [-0.15, -0.1) is 0 Å². The van der Waals surface area contributed by atoms with Crippen molar-refractivity contribution in [2.24, 2.45) is 0 Å². The van der Waals surface area contributed by atoms with Crippen LogP contribution in [0.25, 0.3) is 0 Å². The molecule has 0 aromatic heterocycles. The number of amides is 2. The molecule has 5 nitrogen and oxygen atoms in total. The minimum Gasteiger partial charge on any atom is -0.482 e. The summed E-state index contributed by atoms with van der Waals surface area (Å²) >= 11 is 0. The van der Waals surface area contributed by atoms with Gasteiger partial charge in [-0.2, -0.15) is 0 Å². The zero-order chi connectivity index (χ0) is 19.8. The molecule has 27 heavy (non-hydrogen) atoms. The lowest BCUT2D eigenvalue weighted by molar-refractivity contribution is -0.123. The molecule has 0 saturated heterocycles. The zero-order valence-corrected chi connectivity index (χ0v) is 16.6. The fourth-order valence-electron chi connectivity index (χ4n) is 3.13. The summed E-state index contributed by atoms with van der Waals surface area (Å²) in [6.45, 7) is 10.2. The van der Waals surface area contributed by atoms with E-state index in [1.807, 2.05) is 50.2 Å². The molecule has 1 aliphatic rings. The summed E-state index contributed by atoms with van der Waals surface area (Å²) in [5.41, 5.74) is 4.62. The largest absolute Gasteiger partial charge is 0.482 e. The number of hydrogen-bond donors (Lipinski definition) is 1. The highest BCUT2D eigenvalue weighted by atomic mass is 16.5. The van der Waals surface area contributed by atoms with Crippen LogP contribution in [0, 0.1) is 13.8 Å². The normalized spacial score (nSPS) is 13.8. The number of ether oxygens (including phenoxy) is 1.